The lowest BCUT2D eigenvalue weighted by atomic mass is 10.0. The van der Waals surface area contributed by atoms with Gasteiger partial charge in [-0.15, -0.1) is 0 Å². The van der Waals surface area contributed by atoms with E-state index in [-0.39, 0.29) is 5.78 Å². The van der Waals surface area contributed by atoms with Gasteiger partial charge in [-0.25, -0.2) is 0 Å². The zero-order chi connectivity index (χ0) is 12.3. The third kappa shape index (κ3) is 2.30. The highest BCUT2D eigenvalue weighted by molar-refractivity contribution is 6.09. The average molecular weight is 228 g/mol. The first-order valence-corrected chi connectivity index (χ1v) is 5.17. The molecule has 0 saturated heterocycles. The zero-order valence-electron chi connectivity index (χ0n) is 9.68. The molecule has 4 heteroatoms. The molecule has 0 unspecified atom stereocenters. The second-order valence-corrected chi connectivity index (χ2v) is 3.58. The van der Waals surface area contributed by atoms with E-state index in [0.717, 1.165) is 0 Å². The first-order valence-electron chi connectivity index (χ1n) is 5.17. The van der Waals surface area contributed by atoms with E-state index in [1.807, 2.05) is 0 Å². The Morgan fingerprint density at radius 1 is 1.35 bits per heavy atom. The van der Waals surface area contributed by atoms with Crippen LogP contribution in [0.15, 0.2) is 36.8 Å². The Morgan fingerprint density at radius 3 is 2.88 bits per heavy atom. The molecule has 0 amide bonds. The van der Waals surface area contributed by atoms with Crippen molar-refractivity contribution < 1.29 is 9.53 Å². The molecule has 0 aromatic carbocycles. The molecule has 0 aliphatic heterocycles. The summed E-state index contributed by atoms with van der Waals surface area (Å²) < 4.78 is 5.04. The summed E-state index contributed by atoms with van der Waals surface area (Å²) in [7, 11) is 1.54. The summed E-state index contributed by atoms with van der Waals surface area (Å²) in [5, 5.41) is 0. The Morgan fingerprint density at radius 2 is 2.18 bits per heavy atom. The van der Waals surface area contributed by atoms with Crippen molar-refractivity contribution in [2.75, 3.05) is 7.11 Å². The van der Waals surface area contributed by atoms with Crippen molar-refractivity contribution in [3.63, 3.8) is 0 Å². The van der Waals surface area contributed by atoms with E-state index in [2.05, 4.69) is 9.97 Å². The molecule has 17 heavy (non-hydrogen) atoms. The van der Waals surface area contributed by atoms with Crippen LogP contribution in [0.4, 0.5) is 0 Å². The monoisotopic (exact) mass is 228 g/mol. The van der Waals surface area contributed by atoms with Gasteiger partial charge in [-0.2, -0.15) is 0 Å². The molecule has 2 aromatic heterocycles. The second-order valence-electron chi connectivity index (χ2n) is 3.58. The number of aryl methyl sites for hydroxylation is 1. The fraction of sp³-hybridized carbons (Fsp3) is 0.154. The number of pyridine rings is 2. The van der Waals surface area contributed by atoms with Gasteiger partial charge in [0, 0.05) is 29.2 Å². The largest absolute Gasteiger partial charge is 0.495 e. The smallest absolute Gasteiger partial charge is 0.196 e. The Hall–Kier alpha value is -2.23. The van der Waals surface area contributed by atoms with E-state index in [0.29, 0.717) is 22.6 Å². The highest BCUT2D eigenvalue weighted by Crippen LogP contribution is 2.15. The maximum atomic E-state index is 12.2. The normalized spacial score (nSPS) is 10.0. The molecule has 0 aliphatic rings. The van der Waals surface area contributed by atoms with Crippen LogP contribution in [0.1, 0.15) is 21.6 Å². The lowest BCUT2D eigenvalue weighted by Gasteiger charge is -2.05. The molecule has 0 aliphatic carbocycles. The number of carbonyl (C=O) groups is 1. The fourth-order valence-electron chi connectivity index (χ4n) is 1.53. The van der Waals surface area contributed by atoms with Crippen molar-refractivity contribution in [1.29, 1.82) is 0 Å². The average Bonchev–Trinajstić information content (AvgIpc) is 2.38. The van der Waals surface area contributed by atoms with Crippen LogP contribution >= 0.6 is 0 Å². The number of nitrogens with zero attached hydrogens (tertiary/aromatic N) is 2. The predicted molar refractivity (Wildman–Crippen MR) is 63.2 cm³/mol. The highest BCUT2D eigenvalue weighted by Gasteiger charge is 2.12. The van der Waals surface area contributed by atoms with Crippen LogP contribution in [-0.2, 0) is 0 Å². The summed E-state index contributed by atoms with van der Waals surface area (Å²) in [6.45, 7) is 1.81. The Labute approximate surface area is 99.3 Å². The number of hydrogen-bond acceptors (Lipinski definition) is 4. The summed E-state index contributed by atoms with van der Waals surface area (Å²) in [6, 6.07) is 5.17. The van der Waals surface area contributed by atoms with E-state index in [1.54, 1.807) is 44.6 Å². The van der Waals surface area contributed by atoms with Gasteiger partial charge in [0.2, 0.25) is 0 Å². The minimum atomic E-state index is -0.0954. The topological polar surface area (TPSA) is 52.1 Å². The first kappa shape index (κ1) is 11.3. The molecule has 2 rings (SSSR count). The van der Waals surface area contributed by atoms with E-state index in [9.17, 15) is 4.79 Å². The van der Waals surface area contributed by atoms with E-state index in [1.165, 1.54) is 6.20 Å². The minimum Gasteiger partial charge on any atom is -0.495 e. The summed E-state index contributed by atoms with van der Waals surface area (Å²) in [6.07, 6.45) is 4.75. The van der Waals surface area contributed by atoms with Crippen LogP contribution in [0.3, 0.4) is 0 Å². The van der Waals surface area contributed by atoms with Crippen LogP contribution < -0.4 is 4.74 Å². The molecule has 2 aromatic rings. The molecule has 0 bridgehead atoms. The standard InChI is InChI=1S/C13H12N2O2/c1-9-12(4-3-5-15-9)13(16)10-6-11(17-2)8-14-7-10/h3-8H,1-2H3. The summed E-state index contributed by atoms with van der Waals surface area (Å²) in [4.78, 5) is 20.3. The van der Waals surface area contributed by atoms with Gasteiger partial charge in [-0.05, 0) is 25.1 Å². The van der Waals surface area contributed by atoms with Gasteiger partial charge >= 0.3 is 0 Å². The first-order chi connectivity index (χ1) is 8.22. The van der Waals surface area contributed by atoms with Crippen LogP contribution in [0, 0.1) is 6.92 Å². The molecule has 0 fully saturated rings. The Bertz CT molecular complexity index is 553. The van der Waals surface area contributed by atoms with Crippen LogP contribution in [0.2, 0.25) is 0 Å². The molecule has 2 heterocycles. The van der Waals surface area contributed by atoms with Crippen molar-refractivity contribution in [2.24, 2.45) is 0 Å². The van der Waals surface area contributed by atoms with Gasteiger partial charge in [-0.3, -0.25) is 14.8 Å². The number of ketones is 1. The molecule has 0 atom stereocenters. The predicted octanol–water partition coefficient (Wildman–Crippen LogP) is 2.02. The quantitative estimate of drug-likeness (QED) is 0.754. The van der Waals surface area contributed by atoms with Gasteiger partial charge in [0.05, 0.1) is 13.3 Å². The molecule has 86 valence electrons. The highest BCUT2D eigenvalue weighted by atomic mass is 16.5. The lowest BCUT2D eigenvalue weighted by molar-refractivity contribution is 0.103. The summed E-state index contributed by atoms with van der Waals surface area (Å²) in [5.74, 6) is 0.472. The number of methoxy groups -OCH3 is 1. The van der Waals surface area contributed by atoms with Crippen molar-refractivity contribution in [1.82, 2.24) is 9.97 Å². The SMILES string of the molecule is COc1cncc(C(=O)c2cccnc2C)c1. The summed E-state index contributed by atoms with van der Waals surface area (Å²) >= 11 is 0. The number of ether oxygens (including phenoxy) is 1. The third-order valence-corrected chi connectivity index (χ3v) is 2.46. The number of carbonyl (C=O) groups excluding carboxylic acids is 1. The van der Waals surface area contributed by atoms with Gasteiger partial charge in [0.1, 0.15) is 5.75 Å². The van der Waals surface area contributed by atoms with Crippen molar-refractivity contribution in [3.8, 4) is 5.75 Å². The Balaban J connectivity index is 2.40. The van der Waals surface area contributed by atoms with Crippen molar-refractivity contribution >= 4 is 5.78 Å². The van der Waals surface area contributed by atoms with Crippen LogP contribution in [0.25, 0.3) is 0 Å². The van der Waals surface area contributed by atoms with Gasteiger partial charge in [0.15, 0.2) is 5.78 Å². The van der Waals surface area contributed by atoms with E-state index < -0.39 is 0 Å². The summed E-state index contributed by atoms with van der Waals surface area (Å²) in [5.41, 5.74) is 1.79. The second kappa shape index (κ2) is 4.74. The van der Waals surface area contributed by atoms with Gasteiger partial charge < -0.3 is 4.74 Å². The van der Waals surface area contributed by atoms with Crippen molar-refractivity contribution in [2.45, 2.75) is 6.92 Å². The minimum absolute atomic E-state index is 0.0954. The van der Waals surface area contributed by atoms with Crippen LogP contribution in [0.5, 0.6) is 5.75 Å². The molecule has 4 nitrogen and oxygen atoms in total. The maximum Gasteiger partial charge on any atom is 0.196 e. The van der Waals surface area contributed by atoms with Crippen LogP contribution in [-0.4, -0.2) is 22.9 Å². The molecule has 0 saturated carbocycles. The van der Waals surface area contributed by atoms with Crippen molar-refractivity contribution in [3.05, 3.63) is 53.6 Å². The number of hydrogen-bond donors (Lipinski definition) is 0. The molecule has 0 N–H and O–H groups in total. The fourth-order valence-corrected chi connectivity index (χ4v) is 1.53. The maximum absolute atomic E-state index is 12.2. The molecule has 0 spiro atoms. The van der Waals surface area contributed by atoms with E-state index in [4.69, 9.17) is 4.74 Å². The number of aromatic nitrogens is 2. The zero-order valence-corrected chi connectivity index (χ0v) is 9.68. The lowest BCUT2D eigenvalue weighted by Crippen LogP contribution is -2.05. The number of rotatable bonds is 3. The van der Waals surface area contributed by atoms with E-state index >= 15 is 0 Å². The molecular weight excluding hydrogens is 216 g/mol. The molecule has 0 radical (unpaired) electrons. The third-order valence-electron chi connectivity index (χ3n) is 2.46. The molecular formula is C13H12N2O2. The van der Waals surface area contributed by atoms with Gasteiger partial charge in [-0.1, -0.05) is 0 Å². The van der Waals surface area contributed by atoms with Gasteiger partial charge in [0.25, 0.3) is 0 Å². The Kier molecular flexibility index (Phi) is 3.14.